The summed E-state index contributed by atoms with van der Waals surface area (Å²) in [5, 5.41) is -0.583. The fourth-order valence-corrected chi connectivity index (χ4v) is 1.27. The van der Waals surface area contributed by atoms with Crippen molar-refractivity contribution in [2.75, 3.05) is 7.11 Å². The number of nitrogens with one attached hydrogen (secondary N) is 1. The molecular weight excluding hydrogens is 232 g/mol. The Hall–Kier alpha value is -1.43. The summed E-state index contributed by atoms with van der Waals surface area (Å²) >= 11 is 5.48. The Balaban J connectivity index is 3.43. The van der Waals surface area contributed by atoms with Crippen LogP contribution >= 0.6 is 11.6 Å². The summed E-state index contributed by atoms with van der Waals surface area (Å²) in [5.41, 5.74) is -2.09. The van der Waals surface area contributed by atoms with E-state index in [9.17, 15) is 18.4 Å². The Kier molecular flexibility index (Phi) is 3.41. The molecule has 0 radical (unpaired) electrons. The first-order valence-corrected chi connectivity index (χ1v) is 4.14. The SMILES string of the molecule is COC(=O)c1c(Cl)c(C(F)F)c[nH]c1=O. The van der Waals surface area contributed by atoms with Gasteiger partial charge in [-0.3, -0.25) is 4.79 Å². The van der Waals surface area contributed by atoms with Crippen LogP contribution in [0.25, 0.3) is 0 Å². The average Bonchev–Trinajstić information content (AvgIpc) is 2.16. The third-order valence-corrected chi connectivity index (χ3v) is 2.09. The van der Waals surface area contributed by atoms with Crippen molar-refractivity contribution in [3.05, 3.63) is 32.7 Å². The Morgan fingerprint density at radius 1 is 1.60 bits per heavy atom. The van der Waals surface area contributed by atoms with Gasteiger partial charge < -0.3 is 9.72 Å². The molecule has 0 saturated heterocycles. The monoisotopic (exact) mass is 237 g/mol. The minimum Gasteiger partial charge on any atom is -0.465 e. The number of hydrogen-bond acceptors (Lipinski definition) is 3. The fourth-order valence-electron chi connectivity index (χ4n) is 0.966. The van der Waals surface area contributed by atoms with E-state index in [0.29, 0.717) is 0 Å². The molecule has 0 aromatic carbocycles. The molecule has 0 unspecified atom stereocenters. The lowest BCUT2D eigenvalue weighted by atomic mass is 10.2. The highest BCUT2D eigenvalue weighted by Gasteiger charge is 2.22. The molecule has 0 bridgehead atoms. The number of halogens is 3. The van der Waals surface area contributed by atoms with Gasteiger partial charge in [0, 0.05) is 6.20 Å². The van der Waals surface area contributed by atoms with Gasteiger partial charge in [0.15, 0.2) is 0 Å². The van der Waals surface area contributed by atoms with Gasteiger partial charge in [0.25, 0.3) is 12.0 Å². The molecule has 0 saturated carbocycles. The second-order valence-electron chi connectivity index (χ2n) is 2.55. The van der Waals surface area contributed by atoms with Crippen molar-refractivity contribution in [2.45, 2.75) is 6.43 Å². The van der Waals surface area contributed by atoms with Gasteiger partial charge in [0.1, 0.15) is 5.56 Å². The van der Waals surface area contributed by atoms with Crippen LogP contribution in [-0.2, 0) is 4.74 Å². The predicted octanol–water partition coefficient (Wildman–Crippen LogP) is 1.75. The topological polar surface area (TPSA) is 59.2 Å². The Morgan fingerprint density at radius 3 is 2.67 bits per heavy atom. The lowest BCUT2D eigenvalue weighted by Gasteiger charge is -2.05. The summed E-state index contributed by atoms with van der Waals surface area (Å²) in [6.07, 6.45) is -2.11. The smallest absolute Gasteiger partial charge is 0.345 e. The van der Waals surface area contributed by atoms with Crippen molar-refractivity contribution >= 4 is 17.6 Å². The molecule has 7 heteroatoms. The zero-order valence-corrected chi connectivity index (χ0v) is 8.27. The zero-order chi connectivity index (χ0) is 11.6. The number of carbonyl (C=O) groups excluding carboxylic acids is 1. The summed E-state index contributed by atoms with van der Waals surface area (Å²) in [4.78, 5) is 24.2. The van der Waals surface area contributed by atoms with Gasteiger partial charge in [-0.15, -0.1) is 0 Å². The van der Waals surface area contributed by atoms with E-state index < -0.39 is 34.1 Å². The summed E-state index contributed by atoms with van der Waals surface area (Å²) in [6.45, 7) is 0. The van der Waals surface area contributed by atoms with Crippen LogP contribution in [0.5, 0.6) is 0 Å². The first-order chi connectivity index (χ1) is 6.99. The number of esters is 1. The van der Waals surface area contributed by atoms with E-state index in [1.807, 2.05) is 4.98 Å². The first kappa shape index (κ1) is 11.6. The summed E-state index contributed by atoms with van der Waals surface area (Å²) in [5.74, 6) is -1.05. The number of aromatic nitrogens is 1. The molecule has 1 heterocycles. The molecule has 0 atom stereocenters. The summed E-state index contributed by atoms with van der Waals surface area (Å²) < 4.78 is 28.9. The van der Waals surface area contributed by atoms with E-state index in [2.05, 4.69) is 4.74 Å². The van der Waals surface area contributed by atoms with Crippen LogP contribution in [0, 0.1) is 0 Å². The predicted molar refractivity (Wildman–Crippen MR) is 48.4 cm³/mol. The zero-order valence-electron chi connectivity index (χ0n) is 7.51. The molecule has 0 aliphatic heterocycles. The standard InChI is InChI=1S/C8H6ClF2NO3/c1-15-8(14)4-5(9)3(6(10)11)2-12-7(4)13/h2,6H,1H3,(H,12,13). The quantitative estimate of drug-likeness (QED) is 0.798. The minimum atomic E-state index is -2.88. The van der Waals surface area contributed by atoms with Gasteiger partial charge in [0.05, 0.1) is 17.7 Å². The molecule has 1 aromatic rings. The molecule has 0 spiro atoms. The largest absolute Gasteiger partial charge is 0.465 e. The van der Waals surface area contributed by atoms with Crippen LogP contribution in [0.3, 0.4) is 0 Å². The van der Waals surface area contributed by atoms with E-state index in [1.165, 1.54) is 0 Å². The number of methoxy groups -OCH3 is 1. The number of rotatable bonds is 2. The van der Waals surface area contributed by atoms with E-state index >= 15 is 0 Å². The van der Waals surface area contributed by atoms with Gasteiger partial charge in [-0.2, -0.15) is 0 Å². The second kappa shape index (κ2) is 4.39. The van der Waals surface area contributed by atoms with Gasteiger partial charge >= 0.3 is 5.97 Å². The molecule has 0 fully saturated rings. The highest BCUT2D eigenvalue weighted by Crippen LogP contribution is 2.27. The average molecular weight is 238 g/mol. The Morgan fingerprint density at radius 2 is 2.20 bits per heavy atom. The van der Waals surface area contributed by atoms with Crippen molar-refractivity contribution in [2.24, 2.45) is 0 Å². The number of ether oxygens (including phenoxy) is 1. The molecule has 1 aromatic heterocycles. The number of pyridine rings is 1. The molecule has 0 aliphatic carbocycles. The van der Waals surface area contributed by atoms with Gasteiger partial charge in [-0.1, -0.05) is 11.6 Å². The van der Waals surface area contributed by atoms with Crippen molar-refractivity contribution < 1.29 is 18.3 Å². The molecule has 4 nitrogen and oxygen atoms in total. The number of alkyl halides is 2. The maximum absolute atomic E-state index is 12.3. The van der Waals surface area contributed by atoms with Gasteiger partial charge in [0.2, 0.25) is 0 Å². The highest BCUT2D eigenvalue weighted by atomic mass is 35.5. The minimum absolute atomic E-state index is 0.583. The van der Waals surface area contributed by atoms with E-state index in [4.69, 9.17) is 11.6 Å². The summed E-state index contributed by atoms with van der Waals surface area (Å²) in [7, 11) is 1.02. The molecule has 1 N–H and O–H groups in total. The fraction of sp³-hybridized carbons (Fsp3) is 0.250. The highest BCUT2D eigenvalue weighted by molar-refractivity contribution is 6.34. The lowest BCUT2D eigenvalue weighted by Crippen LogP contribution is -2.20. The number of H-pyrrole nitrogens is 1. The second-order valence-corrected chi connectivity index (χ2v) is 2.93. The normalized spacial score (nSPS) is 10.5. The number of hydrogen-bond donors (Lipinski definition) is 1. The maximum Gasteiger partial charge on any atom is 0.345 e. The molecule has 82 valence electrons. The Labute approximate surface area is 87.8 Å². The maximum atomic E-state index is 12.3. The van der Waals surface area contributed by atoms with Crippen molar-refractivity contribution in [3.8, 4) is 0 Å². The van der Waals surface area contributed by atoms with E-state index in [0.717, 1.165) is 13.3 Å². The lowest BCUT2D eigenvalue weighted by molar-refractivity contribution is 0.0598. The first-order valence-electron chi connectivity index (χ1n) is 3.76. The van der Waals surface area contributed by atoms with Gasteiger partial charge in [-0.05, 0) is 0 Å². The van der Waals surface area contributed by atoms with Crippen LogP contribution in [-0.4, -0.2) is 18.1 Å². The van der Waals surface area contributed by atoms with Crippen LogP contribution in [0.15, 0.2) is 11.0 Å². The van der Waals surface area contributed by atoms with E-state index in [1.54, 1.807) is 0 Å². The number of carbonyl (C=O) groups is 1. The number of aromatic amines is 1. The van der Waals surface area contributed by atoms with Crippen molar-refractivity contribution in [3.63, 3.8) is 0 Å². The summed E-state index contributed by atoms with van der Waals surface area (Å²) in [6, 6.07) is 0. The third kappa shape index (κ3) is 2.15. The van der Waals surface area contributed by atoms with Crippen LogP contribution < -0.4 is 5.56 Å². The van der Waals surface area contributed by atoms with Crippen LogP contribution in [0.2, 0.25) is 5.02 Å². The van der Waals surface area contributed by atoms with Crippen LogP contribution in [0.4, 0.5) is 8.78 Å². The molecule has 0 aliphatic rings. The Bertz CT molecular complexity index is 444. The van der Waals surface area contributed by atoms with Crippen molar-refractivity contribution in [1.29, 1.82) is 0 Å². The van der Waals surface area contributed by atoms with Gasteiger partial charge in [-0.25, -0.2) is 13.6 Å². The molecular formula is C8H6ClF2NO3. The third-order valence-electron chi connectivity index (χ3n) is 1.68. The van der Waals surface area contributed by atoms with Crippen molar-refractivity contribution in [1.82, 2.24) is 4.98 Å². The van der Waals surface area contributed by atoms with Crippen LogP contribution in [0.1, 0.15) is 22.3 Å². The van der Waals surface area contributed by atoms with E-state index in [-0.39, 0.29) is 0 Å². The molecule has 1 rings (SSSR count). The molecule has 0 amide bonds. The molecule has 15 heavy (non-hydrogen) atoms.